The maximum Gasteiger partial charge on any atom is 0.312 e. The van der Waals surface area contributed by atoms with E-state index >= 15 is 0 Å². The Bertz CT molecular complexity index is 3480. The largest absolute Gasteiger partial charge is 0.469 e. The number of anilines is 1. The molecule has 0 N–H and O–H groups in total. The SMILES string of the molecule is CC.CC.CC.COC(=O)C1(C)CCCC2(C)c3ccc(C(C)C)cc3C=CC12.COC(=O)C1(C)CCCC2(C)c3ccc(C(C)C)cc3N(C)C(=O)CC12.COC1(C)CCCC2(C)c3ccc(C(C)C)cc3CCC12.COCC1(C)CCCC2(C)c3ccc(C(C)C(=O)OC)cc3CCC12. The number of benzene rings is 4. The fourth-order valence-corrected chi connectivity index (χ4v) is 20.8. The van der Waals surface area contributed by atoms with Crippen LogP contribution in [0.3, 0.4) is 0 Å². The van der Waals surface area contributed by atoms with E-state index in [-0.39, 0.29) is 68.8 Å². The molecule has 4 fully saturated rings. The fourth-order valence-electron chi connectivity index (χ4n) is 20.8. The third kappa shape index (κ3) is 16.3. The molecule has 10 heteroatoms. The molecule has 0 radical (unpaired) electrons. The van der Waals surface area contributed by atoms with Gasteiger partial charge in [0, 0.05) is 44.7 Å². The number of hydrogen-bond acceptors (Lipinski definition) is 9. The highest BCUT2D eigenvalue weighted by atomic mass is 16.5. The molecule has 1 amide bonds. The molecule has 1 heterocycles. The van der Waals surface area contributed by atoms with Crippen LogP contribution in [-0.4, -0.2) is 78.6 Å². The molecule has 4 aromatic rings. The van der Waals surface area contributed by atoms with Crippen molar-refractivity contribution in [3.05, 3.63) is 140 Å². The molecule has 10 nitrogen and oxygen atoms in total. The summed E-state index contributed by atoms with van der Waals surface area (Å²) in [6.45, 7) is 46.5. The van der Waals surface area contributed by atoms with Gasteiger partial charge in [-0.25, -0.2) is 0 Å². The van der Waals surface area contributed by atoms with E-state index in [2.05, 4.69) is 175 Å². The second-order valence-electron chi connectivity index (χ2n) is 33.4. The number of esters is 3. The van der Waals surface area contributed by atoms with Gasteiger partial charge < -0.3 is 28.6 Å². The summed E-state index contributed by atoms with van der Waals surface area (Å²) in [5.41, 5.74) is 15.8. The number of methoxy groups -OCH3 is 5. The fraction of sp³-hybridized carbons (Fsp3) is 0.670. The molecule has 4 saturated carbocycles. The maximum absolute atomic E-state index is 13.0. The Balaban J connectivity index is 0.000000207. The minimum absolute atomic E-state index is 0.0147. The van der Waals surface area contributed by atoms with Crippen molar-refractivity contribution in [2.24, 2.45) is 39.9 Å². The molecule has 7 aliphatic carbocycles. The Kier molecular flexibility index (Phi) is 28.9. The topological polar surface area (TPSA) is 118 Å². The summed E-state index contributed by atoms with van der Waals surface area (Å²) in [6.07, 6.45) is 23.0. The van der Waals surface area contributed by atoms with E-state index in [9.17, 15) is 19.2 Å². The molecule has 12 rings (SSSR count). The number of aryl methyl sites for hydroxylation is 2. The van der Waals surface area contributed by atoms with Gasteiger partial charge in [0.05, 0.1) is 50.3 Å². The zero-order valence-electron chi connectivity index (χ0n) is 68.6. The standard InChI is InChI=1S/C22H31NO3.C22H32O3.C21H28O2.C20H30O.3C2H6/c1-14(2)15-8-9-16-17(12-15)23(5)19(24)13-18-21(16,3)10-7-11-22(18,4)20(25)26-6;1-15(20(23)25-5)16-7-9-18-17(13-16)8-10-19-21(2,14-24-4)11-6-12-22(18,19)3;1-14(2)15-7-9-17-16(13-15)8-10-18-20(17,3)11-6-12-21(18,4)19(22)23-5;1-14(2)15-7-9-17-16(13-15)8-10-18-19(17,3)11-6-12-20(18,4)21-5;3*1-2/h8-9,12,14,18H,7,10-11,13H2,1-6H3;7,9,13,15,19H,6,8,10-12,14H2,1-5H3;7-10,13-14,18H,6,11-12H2,1-5H3;7,9,13-14,18H,6,8,10-12H2,1-5H3;3*1-2H3. The molecular formula is C91H139NO9. The van der Waals surface area contributed by atoms with E-state index in [1.54, 1.807) is 16.0 Å². The van der Waals surface area contributed by atoms with E-state index in [0.717, 1.165) is 62.8 Å². The van der Waals surface area contributed by atoms with E-state index in [1.165, 1.54) is 124 Å². The van der Waals surface area contributed by atoms with Crippen molar-refractivity contribution in [1.29, 1.82) is 0 Å². The molecule has 13 atom stereocenters. The lowest BCUT2D eigenvalue weighted by atomic mass is 9.50. The van der Waals surface area contributed by atoms with Gasteiger partial charge in [-0.2, -0.15) is 0 Å². The molecule has 0 bridgehead atoms. The summed E-state index contributed by atoms with van der Waals surface area (Å²) >= 11 is 0. The highest BCUT2D eigenvalue weighted by Gasteiger charge is 2.59. The van der Waals surface area contributed by atoms with E-state index < -0.39 is 10.8 Å². The highest BCUT2D eigenvalue weighted by molar-refractivity contribution is 5.96. The summed E-state index contributed by atoms with van der Waals surface area (Å²) in [7, 11) is 10.0. The van der Waals surface area contributed by atoms with Crippen molar-refractivity contribution in [3.63, 3.8) is 0 Å². The lowest BCUT2D eigenvalue weighted by molar-refractivity contribution is -0.161. The third-order valence-corrected chi connectivity index (χ3v) is 26.7. The van der Waals surface area contributed by atoms with Gasteiger partial charge >= 0.3 is 17.9 Å². The van der Waals surface area contributed by atoms with Gasteiger partial charge in [-0.15, -0.1) is 0 Å². The predicted octanol–water partition coefficient (Wildman–Crippen LogP) is 22.4. The van der Waals surface area contributed by atoms with Crippen LogP contribution >= 0.6 is 0 Å². The Morgan fingerprint density at radius 3 is 1.45 bits per heavy atom. The van der Waals surface area contributed by atoms with Crippen molar-refractivity contribution in [2.45, 2.75) is 305 Å². The van der Waals surface area contributed by atoms with Crippen molar-refractivity contribution >= 4 is 35.6 Å². The minimum Gasteiger partial charge on any atom is -0.469 e. The zero-order valence-corrected chi connectivity index (χ0v) is 68.6. The van der Waals surface area contributed by atoms with Crippen LogP contribution in [0.5, 0.6) is 0 Å². The highest BCUT2D eigenvalue weighted by Crippen LogP contribution is 2.61. The molecule has 4 aromatic carbocycles. The summed E-state index contributed by atoms with van der Waals surface area (Å²) in [5, 5.41) is 0. The van der Waals surface area contributed by atoms with Gasteiger partial charge in [0.2, 0.25) is 5.91 Å². The van der Waals surface area contributed by atoms with Gasteiger partial charge in [0.15, 0.2) is 0 Å². The van der Waals surface area contributed by atoms with Gasteiger partial charge in [-0.3, -0.25) is 19.2 Å². The average molecular weight is 1390 g/mol. The number of allylic oxidation sites excluding steroid dienone is 1. The first-order valence-electron chi connectivity index (χ1n) is 39.5. The van der Waals surface area contributed by atoms with Gasteiger partial charge in [0.25, 0.3) is 0 Å². The smallest absolute Gasteiger partial charge is 0.312 e. The van der Waals surface area contributed by atoms with Crippen LogP contribution in [-0.2, 0) is 77.4 Å². The van der Waals surface area contributed by atoms with Crippen molar-refractivity contribution in [3.8, 4) is 0 Å². The van der Waals surface area contributed by atoms with Crippen LogP contribution < -0.4 is 4.90 Å². The summed E-state index contributed by atoms with van der Waals surface area (Å²) < 4.78 is 26.8. The third-order valence-electron chi connectivity index (χ3n) is 26.7. The lowest BCUT2D eigenvalue weighted by Gasteiger charge is -2.55. The number of carbonyl (C=O) groups excluding carboxylic acids is 4. The normalized spacial score (nSPS) is 31.0. The molecule has 0 spiro atoms. The number of fused-ring (bicyclic) bond motifs is 12. The monoisotopic (exact) mass is 1390 g/mol. The van der Waals surface area contributed by atoms with E-state index in [1.807, 2.05) is 76.7 Å². The maximum atomic E-state index is 13.0. The number of hydrogen-bond donors (Lipinski definition) is 0. The van der Waals surface area contributed by atoms with Gasteiger partial charge in [-0.1, -0.05) is 216 Å². The van der Waals surface area contributed by atoms with Crippen LogP contribution in [0, 0.1) is 39.9 Å². The summed E-state index contributed by atoms with van der Waals surface area (Å²) in [4.78, 5) is 51.9. The average Bonchev–Trinajstić information content (AvgIpc) is 1.49. The van der Waals surface area contributed by atoms with Crippen LogP contribution in [0.4, 0.5) is 5.69 Å². The van der Waals surface area contributed by atoms with Gasteiger partial charge in [-0.05, 0) is 236 Å². The van der Waals surface area contributed by atoms with Crippen molar-refractivity contribution < 1.29 is 42.9 Å². The number of amides is 1. The molecular weight excluding hydrogens is 1250 g/mol. The quantitative estimate of drug-likeness (QED) is 0.113. The lowest BCUT2D eigenvalue weighted by Crippen LogP contribution is -2.53. The minimum atomic E-state index is -0.628. The van der Waals surface area contributed by atoms with Crippen LogP contribution in [0.25, 0.3) is 6.08 Å². The Hall–Kier alpha value is -5.58. The second kappa shape index (κ2) is 34.6. The first kappa shape index (κ1) is 84.4. The zero-order chi connectivity index (χ0) is 75.6. The second-order valence-corrected chi connectivity index (χ2v) is 33.4. The van der Waals surface area contributed by atoms with E-state index in [0.29, 0.717) is 41.4 Å². The number of carbonyl (C=O) groups is 4. The van der Waals surface area contributed by atoms with Crippen molar-refractivity contribution in [1.82, 2.24) is 0 Å². The number of rotatable bonds is 10. The Morgan fingerprint density at radius 2 is 0.921 bits per heavy atom. The van der Waals surface area contributed by atoms with Gasteiger partial charge in [0.1, 0.15) is 0 Å². The first-order chi connectivity index (χ1) is 47.7. The molecule has 13 unspecified atom stereocenters. The summed E-state index contributed by atoms with van der Waals surface area (Å²) in [6, 6.07) is 27.3. The molecule has 0 saturated heterocycles. The predicted molar refractivity (Wildman–Crippen MR) is 421 cm³/mol. The van der Waals surface area contributed by atoms with Crippen molar-refractivity contribution in [2.75, 3.05) is 54.1 Å². The van der Waals surface area contributed by atoms with Crippen LogP contribution in [0.2, 0.25) is 0 Å². The molecule has 562 valence electrons. The van der Waals surface area contributed by atoms with Crippen LogP contribution in [0.15, 0.2) is 78.9 Å². The molecule has 0 aromatic heterocycles. The summed E-state index contributed by atoms with van der Waals surface area (Å²) in [5.74, 6) is 2.47. The Labute approximate surface area is 614 Å². The Morgan fingerprint density at radius 1 is 0.485 bits per heavy atom. The van der Waals surface area contributed by atoms with Crippen LogP contribution in [0.1, 0.15) is 327 Å². The molecule has 8 aliphatic rings. The molecule has 101 heavy (non-hydrogen) atoms. The molecule has 1 aliphatic heterocycles. The number of nitrogens with zero attached hydrogens (tertiary/aromatic N) is 1. The number of ether oxygens (including phenoxy) is 5. The van der Waals surface area contributed by atoms with E-state index in [4.69, 9.17) is 23.7 Å². The first-order valence-corrected chi connectivity index (χ1v) is 39.5.